The Labute approximate surface area is 127 Å². The summed E-state index contributed by atoms with van der Waals surface area (Å²) in [6.07, 6.45) is 8.20. The van der Waals surface area contributed by atoms with Gasteiger partial charge < -0.3 is 10.1 Å². The lowest BCUT2D eigenvalue weighted by molar-refractivity contribution is -0.127. The van der Waals surface area contributed by atoms with Gasteiger partial charge in [0.25, 0.3) is 0 Å². The van der Waals surface area contributed by atoms with E-state index in [9.17, 15) is 4.79 Å². The zero-order chi connectivity index (χ0) is 14.7. The molecule has 3 heteroatoms. The third kappa shape index (κ3) is 2.92. The molecule has 2 fully saturated rings. The molecule has 1 N–H and O–H groups in total. The third-order valence-electron chi connectivity index (χ3n) is 5.34. The van der Waals surface area contributed by atoms with E-state index in [1.165, 1.54) is 37.7 Å². The normalized spacial score (nSPS) is 20.8. The molecule has 114 valence electrons. The molecule has 0 atom stereocenters. The molecule has 0 radical (unpaired) electrons. The molecule has 3 nitrogen and oxygen atoms in total. The molecule has 0 spiro atoms. The highest BCUT2D eigenvalue weighted by molar-refractivity contribution is 5.79. The van der Waals surface area contributed by atoms with Crippen LogP contribution in [0.1, 0.15) is 50.5 Å². The van der Waals surface area contributed by atoms with Crippen LogP contribution in [-0.4, -0.2) is 19.6 Å². The average Bonchev–Trinajstić information content (AvgIpc) is 2.93. The number of methoxy groups -OCH3 is 1. The zero-order valence-electron chi connectivity index (χ0n) is 12.9. The topological polar surface area (TPSA) is 38.3 Å². The van der Waals surface area contributed by atoms with Gasteiger partial charge in [-0.15, -0.1) is 0 Å². The number of amides is 1. The first kappa shape index (κ1) is 14.4. The highest BCUT2D eigenvalue weighted by Crippen LogP contribution is 2.41. The van der Waals surface area contributed by atoms with Gasteiger partial charge in [0.1, 0.15) is 5.75 Å². The number of benzene rings is 1. The van der Waals surface area contributed by atoms with Crippen LogP contribution in [0.15, 0.2) is 24.3 Å². The summed E-state index contributed by atoms with van der Waals surface area (Å²) < 4.78 is 5.25. The predicted molar refractivity (Wildman–Crippen MR) is 83.5 cm³/mol. The number of nitrogens with one attached hydrogen (secondary N) is 1. The minimum atomic E-state index is 0.131. The first-order valence-electron chi connectivity index (χ1n) is 8.16. The van der Waals surface area contributed by atoms with Gasteiger partial charge >= 0.3 is 0 Å². The van der Waals surface area contributed by atoms with Crippen LogP contribution < -0.4 is 10.1 Å². The largest absolute Gasteiger partial charge is 0.497 e. The number of ether oxygens (including phenoxy) is 1. The second kappa shape index (κ2) is 6.08. The fourth-order valence-electron chi connectivity index (χ4n) is 3.63. The summed E-state index contributed by atoms with van der Waals surface area (Å²) in [6.45, 7) is 0.786. The fourth-order valence-corrected chi connectivity index (χ4v) is 3.63. The van der Waals surface area contributed by atoms with Gasteiger partial charge in [-0.2, -0.15) is 0 Å². The standard InChI is InChI=1S/C18H25NO2/c1-21-16-9-7-15(8-10-16)18(11-2-3-12-18)13-19-17(20)14-5-4-6-14/h7-10,14H,2-6,11-13H2,1H3,(H,19,20). The van der Waals surface area contributed by atoms with Crippen LogP contribution >= 0.6 is 0 Å². The Morgan fingerprint density at radius 1 is 1.19 bits per heavy atom. The van der Waals surface area contributed by atoms with Crippen molar-refractivity contribution in [1.82, 2.24) is 5.32 Å². The van der Waals surface area contributed by atoms with Gasteiger partial charge in [-0.05, 0) is 43.4 Å². The third-order valence-corrected chi connectivity index (χ3v) is 5.34. The van der Waals surface area contributed by atoms with Crippen LogP contribution in [0.3, 0.4) is 0 Å². The fraction of sp³-hybridized carbons (Fsp3) is 0.611. The van der Waals surface area contributed by atoms with E-state index >= 15 is 0 Å². The second-order valence-electron chi connectivity index (χ2n) is 6.56. The van der Waals surface area contributed by atoms with Crippen LogP contribution in [0.4, 0.5) is 0 Å². The van der Waals surface area contributed by atoms with E-state index in [4.69, 9.17) is 4.74 Å². The van der Waals surface area contributed by atoms with E-state index in [2.05, 4.69) is 17.4 Å². The Morgan fingerprint density at radius 2 is 1.86 bits per heavy atom. The molecule has 21 heavy (non-hydrogen) atoms. The van der Waals surface area contributed by atoms with Crippen molar-refractivity contribution in [3.63, 3.8) is 0 Å². The predicted octanol–water partition coefficient (Wildman–Crippen LogP) is 3.42. The highest BCUT2D eigenvalue weighted by Gasteiger charge is 2.36. The van der Waals surface area contributed by atoms with E-state index in [0.29, 0.717) is 0 Å². The van der Waals surface area contributed by atoms with Gasteiger partial charge in [-0.25, -0.2) is 0 Å². The van der Waals surface area contributed by atoms with E-state index in [0.717, 1.165) is 25.1 Å². The average molecular weight is 287 g/mol. The van der Waals surface area contributed by atoms with E-state index in [1.54, 1.807) is 7.11 Å². The lowest BCUT2D eigenvalue weighted by Crippen LogP contribution is -2.42. The van der Waals surface area contributed by atoms with E-state index in [1.807, 2.05) is 12.1 Å². The number of carbonyl (C=O) groups excluding carboxylic acids is 1. The van der Waals surface area contributed by atoms with Crippen molar-refractivity contribution in [2.24, 2.45) is 5.92 Å². The Hall–Kier alpha value is -1.51. The van der Waals surface area contributed by atoms with Gasteiger partial charge in [-0.1, -0.05) is 31.4 Å². The van der Waals surface area contributed by atoms with Gasteiger partial charge in [0, 0.05) is 17.9 Å². The van der Waals surface area contributed by atoms with E-state index in [-0.39, 0.29) is 17.2 Å². The smallest absolute Gasteiger partial charge is 0.223 e. The summed E-state index contributed by atoms with van der Waals surface area (Å²) >= 11 is 0. The molecule has 0 aliphatic heterocycles. The molecule has 1 amide bonds. The minimum Gasteiger partial charge on any atom is -0.497 e. The molecule has 0 unspecified atom stereocenters. The molecular weight excluding hydrogens is 262 g/mol. The number of hydrogen-bond donors (Lipinski definition) is 1. The molecule has 0 aromatic heterocycles. The van der Waals surface area contributed by atoms with Crippen LogP contribution in [-0.2, 0) is 10.2 Å². The van der Waals surface area contributed by atoms with Gasteiger partial charge in [0.05, 0.1) is 7.11 Å². The van der Waals surface area contributed by atoms with Crippen LogP contribution in [0.25, 0.3) is 0 Å². The minimum absolute atomic E-state index is 0.131. The summed E-state index contributed by atoms with van der Waals surface area (Å²) in [5, 5.41) is 3.22. The first-order valence-corrected chi connectivity index (χ1v) is 8.16. The summed E-state index contributed by atoms with van der Waals surface area (Å²) in [6, 6.07) is 8.39. The Balaban J connectivity index is 1.70. The molecule has 2 saturated carbocycles. The lowest BCUT2D eigenvalue weighted by atomic mass is 9.78. The summed E-state index contributed by atoms with van der Waals surface area (Å²) in [7, 11) is 1.69. The van der Waals surface area contributed by atoms with Crippen molar-refractivity contribution in [2.45, 2.75) is 50.4 Å². The Kier molecular flexibility index (Phi) is 4.18. The Bertz CT molecular complexity index is 484. The van der Waals surface area contributed by atoms with Gasteiger partial charge in [0.2, 0.25) is 5.91 Å². The molecule has 0 bridgehead atoms. The maximum absolute atomic E-state index is 12.1. The van der Waals surface area contributed by atoms with Crippen LogP contribution in [0.2, 0.25) is 0 Å². The molecule has 2 aliphatic rings. The summed E-state index contributed by atoms with van der Waals surface area (Å²) in [4.78, 5) is 12.1. The molecule has 2 aliphatic carbocycles. The zero-order valence-corrected chi connectivity index (χ0v) is 12.9. The summed E-state index contributed by atoms with van der Waals surface area (Å²) in [5.74, 6) is 1.44. The summed E-state index contributed by atoms with van der Waals surface area (Å²) in [5.41, 5.74) is 1.47. The van der Waals surface area contributed by atoms with Crippen molar-refractivity contribution in [2.75, 3.05) is 13.7 Å². The van der Waals surface area contributed by atoms with Crippen molar-refractivity contribution >= 4 is 5.91 Å². The van der Waals surface area contributed by atoms with Crippen molar-refractivity contribution in [1.29, 1.82) is 0 Å². The van der Waals surface area contributed by atoms with Crippen LogP contribution in [0, 0.1) is 5.92 Å². The molecule has 0 saturated heterocycles. The molecule has 0 heterocycles. The van der Waals surface area contributed by atoms with Gasteiger partial charge in [-0.3, -0.25) is 4.79 Å². The molecule has 1 aromatic carbocycles. The highest BCUT2D eigenvalue weighted by atomic mass is 16.5. The van der Waals surface area contributed by atoms with Crippen molar-refractivity contribution in [3.8, 4) is 5.75 Å². The second-order valence-corrected chi connectivity index (χ2v) is 6.56. The van der Waals surface area contributed by atoms with Crippen LogP contribution in [0.5, 0.6) is 5.75 Å². The maximum Gasteiger partial charge on any atom is 0.223 e. The SMILES string of the molecule is COc1ccc(C2(CNC(=O)C3CCC3)CCCC2)cc1. The van der Waals surface area contributed by atoms with Gasteiger partial charge in [0.15, 0.2) is 0 Å². The number of carbonyl (C=O) groups is 1. The molecular formula is C18H25NO2. The van der Waals surface area contributed by atoms with Crippen molar-refractivity contribution in [3.05, 3.63) is 29.8 Å². The maximum atomic E-state index is 12.1. The molecule has 3 rings (SSSR count). The lowest BCUT2D eigenvalue weighted by Gasteiger charge is -2.32. The van der Waals surface area contributed by atoms with E-state index < -0.39 is 0 Å². The number of hydrogen-bond acceptors (Lipinski definition) is 2. The van der Waals surface area contributed by atoms with Crippen molar-refractivity contribution < 1.29 is 9.53 Å². The molecule has 1 aromatic rings. The quantitative estimate of drug-likeness (QED) is 0.901. The Morgan fingerprint density at radius 3 is 2.38 bits per heavy atom. The monoisotopic (exact) mass is 287 g/mol. The number of rotatable bonds is 5. The first-order chi connectivity index (χ1) is 10.2.